The van der Waals surface area contributed by atoms with Gasteiger partial charge in [0.2, 0.25) is 0 Å². The van der Waals surface area contributed by atoms with Crippen LogP contribution in [0.15, 0.2) is 64.0 Å². The van der Waals surface area contributed by atoms with Crippen molar-refractivity contribution in [3.63, 3.8) is 0 Å². The molecule has 1 atom stereocenters. The highest BCUT2D eigenvalue weighted by Gasteiger charge is 2.11. The van der Waals surface area contributed by atoms with E-state index in [2.05, 4.69) is 31.0 Å². The number of aliphatic imine (C=N–C) groups is 1. The van der Waals surface area contributed by atoms with Crippen LogP contribution in [0.1, 0.15) is 53.4 Å². The summed E-state index contributed by atoms with van der Waals surface area (Å²) in [5.41, 5.74) is 3.91. The number of nitrogens with zero attached hydrogens (tertiary/aromatic N) is 1. The standard InChI is InChI=1S/C23H23NO3/c1-4-15(2)17-7-9-19(10-8-17)24-14-20-11-12-22(27-20)18-6-5-16(3)21(13-18)23(25)26/h5-15H,4H2,1-3H3,(H,25,26)/t15-/m0/s1. The molecule has 0 aliphatic heterocycles. The molecule has 0 saturated heterocycles. The Morgan fingerprint density at radius 3 is 2.56 bits per heavy atom. The SMILES string of the molecule is CC[C@H](C)c1ccc(N=Cc2ccc(-c3ccc(C)c(C(=O)O)c3)o2)cc1. The molecule has 3 rings (SSSR count). The third-order valence-corrected chi connectivity index (χ3v) is 4.79. The number of rotatable bonds is 6. The Bertz CT molecular complexity index is 968. The van der Waals surface area contributed by atoms with E-state index >= 15 is 0 Å². The molecular weight excluding hydrogens is 338 g/mol. The van der Waals surface area contributed by atoms with Gasteiger partial charge in [-0.3, -0.25) is 4.99 Å². The molecule has 1 N–H and O–H groups in total. The third kappa shape index (κ3) is 4.34. The van der Waals surface area contributed by atoms with Crippen LogP contribution in [-0.4, -0.2) is 17.3 Å². The molecule has 0 bridgehead atoms. The lowest BCUT2D eigenvalue weighted by molar-refractivity contribution is 0.0696. The van der Waals surface area contributed by atoms with E-state index in [9.17, 15) is 9.90 Å². The summed E-state index contributed by atoms with van der Waals surface area (Å²) in [6.07, 6.45) is 2.79. The van der Waals surface area contributed by atoms with Gasteiger partial charge in [-0.1, -0.05) is 38.1 Å². The number of aromatic carboxylic acids is 1. The second-order valence-electron chi connectivity index (χ2n) is 6.70. The lowest BCUT2D eigenvalue weighted by atomic mass is 9.99. The Morgan fingerprint density at radius 2 is 1.89 bits per heavy atom. The van der Waals surface area contributed by atoms with Crippen LogP contribution in [0.2, 0.25) is 0 Å². The summed E-state index contributed by atoms with van der Waals surface area (Å²) in [6, 6.07) is 17.1. The minimum Gasteiger partial charge on any atom is -0.478 e. The number of hydrogen-bond acceptors (Lipinski definition) is 3. The number of carbonyl (C=O) groups is 1. The Balaban J connectivity index is 1.77. The van der Waals surface area contributed by atoms with Crippen LogP contribution in [0.4, 0.5) is 5.69 Å². The van der Waals surface area contributed by atoms with Gasteiger partial charge in [0.05, 0.1) is 17.5 Å². The Morgan fingerprint density at radius 1 is 1.15 bits per heavy atom. The maximum absolute atomic E-state index is 11.3. The first-order valence-electron chi connectivity index (χ1n) is 9.06. The van der Waals surface area contributed by atoms with Crippen LogP contribution in [0.25, 0.3) is 11.3 Å². The lowest BCUT2D eigenvalue weighted by Crippen LogP contribution is -1.99. The minimum atomic E-state index is -0.941. The molecule has 0 saturated carbocycles. The Hall–Kier alpha value is -3.14. The minimum absolute atomic E-state index is 0.278. The Labute approximate surface area is 159 Å². The molecule has 0 aliphatic rings. The molecule has 2 aromatic carbocycles. The molecule has 4 nitrogen and oxygen atoms in total. The predicted molar refractivity (Wildman–Crippen MR) is 108 cm³/mol. The second-order valence-corrected chi connectivity index (χ2v) is 6.70. The fourth-order valence-electron chi connectivity index (χ4n) is 2.85. The smallest absolute Gasteiger partial charge is 0.335 e. The zero-order valence-corrected chi connectivity index (χ0v) is 15.8. The highest BCUT2D eigenvalue weighted by Crippen LogP contribution is 2.25. The molecule has 0 unspecified atom stereocenters. The number of carboxylic acid groups (broad SMARTS) is 1. The van der Waals surface area contributed by atoms with E-state index in [1.807, 2.05) is 30.3 Å². The normalized spacial score (nSPS) is 12.4. The average Bonchev–Trinajstić information content (AvgIpc) is 3.15. The second kappa shape index (κ2) is 8.04. The summed E-state index contributed by atoms with van der Waals surface area (Å²) >= 11 is 0. The first kappa shape index (κ1) is 18.6. The maximum atomic E-state index is 11.3. The van der Waals surface area contributed by atoms with Gasteiger partial charge in [-0.15, -0.1) is 0 Å². The molecule has 0 fully saturated rings. The van der Waals surface area contributed by atoms with Gasteiger partial charge in [-0.2, -0.15) is 0 Å². The van der Waals surface area contributed by atoms with Gasteiger partial charge in [0.15, 0.2) is 0 Å². The predicted octanol–water partition coefficient (Wildman–Crippen LogP) is 6.22. The molecule has 1 heterocycles. The van der Waals surface area contributed by atoms with Crippen LogP contribution < -0.4 is 0 Å². The number of carboxylic acids is 1. The van der Waals surface area contributed by atoms with Crippen molar-refractivity contribution in [2.75, 3.05) is 0 Å². The zero-order valence-electron chi connectivity index (χ0n) is 15.8. The van der Waals surface area contributed by atoms with Gasteiger partial charge in [0.25, 0.3) is 0 Å². The average molecular weight is 361 g/mol. The monoisotopic (exact) mass is 361 g/mol. The van der Waals surface area contributed by atoms with Gasteiger partial charge in [-0.25, -0.2) is 4.79 Å². The molecular formula is C23H23NO3. The van der Waals surface area contributed by atoms with E-state index in [0.29, 0.717) is 17.4 Å². The summed E-state index contributed by atoms with van der Waals surface area (Å²) < 4.78 is 5.80. The van der Waals surface area contributed by atoms with Gasteiger partial charge >= 0.3 is 5.97 Å². The van der Waals surface area contributed by atoms with Crippen molar-refractivity contribution in [2.24, 2.45) is 4.99 Å². The number of hydrogen-bond donors (Lipinski definition) is 1. The van der Waals surface area contributed by atoms with Crippen molar-refractivity contribution in [1.82, 2.24) is 0 Å². The van der Waals surface area contributed by atoms with Crippen molar-refractivity contribution >= 4 is 17.9 Å². The molecule has 138 valence electrons. The van der Waals surface area contributed by atoms with Crippen molar-refractivity contribution in [1.29, 1.82) is 0 Å². The van der Waals surface area contributed by atoms with Gasteiger partial charge in [0, 0.05) is 5.56 Å². The lowest BCUT2D eigenvalue weighted by Gasteiger charge is -2.08. The first-order valence-corrected chi connectivity index (χ1v) is 9.06. The quantitative estimate of drug-likeness (QED) is 0.530. The molecule has 0 amide bonds. The van der Waals surface area contributed by atoms with Gasteiger partial charge in [-0.05, 0) is 60.7 Å². The molecule has 4 heteroatoms. The summed E-state index contributed by atoms with van der Waals surface area (Å²) in [5.74, 6) is 0.837. The van der Waals surface area contributed by atoms with Crippen molar-refractivity contribution < 1.29 is 14.3 Å². The highest BCUT2D eigenvalue weighted by molar-refractivity contribution is 5.91. The van der Waals surface area contributed by atoms with Crippen molar-refractivity contribution in [3.8, 4) is 11.3 Å². The molecule has 0 aliphatic carbocycles. The number of furan rings is 1. The molecule has 3 aromatic rings. The fraction of sp³-hybridized carbons (Fsp3) is 0.217. The summed E-state index contributed by atoms with van der Waals surface area (Å²) in [5, 5.41) is 9.27. The first-order chi connectivity index (χ1) is 13.0. The van der Waals surface area contributed by atoms with E-state index in [1.165, 1.54) is 5.56 Å². The fourth-order valence-corrected chi connectivity index (χ4v) is 2.85. The van der Waals surface area contributed by atoms with Crippen molar-refractivity contribution in [2.45, 2.75) is 33.1 Å². The Kier molecular flexibility index (Phi) is 5.55. The zero-order chi connectivity index (χ0) is 19.4. The van der Waals surface area contributed by atoms with E-state index < -0.39 is 5.97 Å². The van der Waals surface area contributed by atoms with E-state index in [4.69, 9.17) is 4.42 Å². The maximum Gasteiger partial charge on any atom is 0.335 e. The van der Waals surface area contributed by atoms with E-state index in [-0.39, 0.29) is 5.56 Å². The number of aryl methyl sites for hydroxylation is 1. The molecule has 27 heavy (non-hydrogen) atoms. The largest absolute Gasteiger partial charge is 0.478 e. The summed E-state index contributed by atoms with van der Waals surface area (Å²) in [6.45, 7) is 6.17. The topological polar surface area (TPSA) is 62.8 Å². The molecule has 0 radical (unpaired) electrons. The van der Waals surface area contributed by atoms with Crippen LogP contribution >= 0.6 is 0 Å². The molecule has 1 aromatic heterocycles. The summed E-state index contributed by atoms with van der Waals surface area (Å²) in [4.78, 5) is 15.8. The molecule has 0 spiro atoms. The van der Waals surface area contributed by atoms with Gasteiger partial charge in [0.1, 0.15) is 11.5 Å². The summed E-state index contributed by atoms with van der Waals surface area (Å²) in [7, 11) is 0. The van der Waals surface area contributed by atoms with Gasteiger partial charge < -0.3 is 9.52 Å². The van der Waals surface area contributed by atoms with E-state index in [1.54, 1.807) is 25.3 Å². The van der Waals surface area contributed by atoms with Crippen LogP contribution in [0.3, 0.4) is 0 Å². The van der Waals surface area contributed by atoms with Crippen LogP contribution in [-0.2, 0) is 0 Å². The van der Waals surface area contributed by atoms with Crippen LogP contribution in [0, 0.1) is 6.92 Å². The van der Waals surface area contributed by atoms with E-state index in [0.717, 1.165) is 23.2 Å². The number of benzene rings is 2. The third-order valence-electron chi connectivity index (χ3n) is 4.79. The highest BCUT2D eigenvalue weighted by atomic mass is 16.4. The van der Waals surface area contributed by atoms with Crippen molar-refractivity contribution in [3.05, 3.63) is 77.0 Å². The van der Waals surface area contributed by atoms with Crippen LogP contribution in [0.5, 0.6) is 0 Å².